The second-order valence-corrected chi connectivity index (χ2v) is 6.35. The number of ether oxygens (including phenoxy) is 2. The normalized spacial score (nSPS) is 19.9. The van der Waals surface area contributed by atoms with Crippen LogP contribution >= 0.6 is 24.8 Å². The number of piperazine rings is 1. The predicted molar refractivity (Wildman–Crippen MR) is 103 cm³/mol. The standard InChI is InChI=1S/C18H28N2O2.2ClH/c1-21-15-8-5-9-16(22-2)17(15)18(14-6-3-4-7-14)20-12-10-19-11-13-20;;/h5,8-9,14,18-19H,3-4,6-7,10-13H2,1-2H3;2*1H/t18-;;/m0../s1. The molecule has 0 amide bonds. The van der Waals surface area contributed by atoms with Crippen molar-refractivity contribution in [3.8, 4) is 11.5 Å². The second-order valence-electron chi connectivity index (χ2n) is 6.35. The molecule has 138 valence electrons. The quantitative estimate of drug-likeness (QED) is 0.849. The first kappa shape index (κ1) is 21.4. The van der Waals surface area contributed by atoms with Crippen LogP contribution in [-0.4, -0.2) is 45.3 Å². The summed E-state index contributed by atoms with van der Waals surface area (Å²) in [5.74, 6) is 2.65. The molecule has 2 fully saturated rings. The van der Waals surface area contributed by atoms with E-state index in [9.17, 15) is 0 Å². The molecule has 0 spiro atoms. The molecule has 1 heterocycles. The van der Waals surface area contributed by atoms with Crippen LogP contribution in [-0.2, 0) is 0 Å². The molecule has 3 rings (SSSR count). The van der Waals surface area contributed by atoms with Gasteiger partial charge < -0.3 is 14.8 Å². The maximum absolute atomic E-state index is 5.70. The van der Waals surface area contributed by atoms with E-state index in [4.69, 9.17) is 9.47 Å². The van der Waals surface area contributed by atoms with Crippen molar-refractivity contribution < 1.29 is 9.47 Å². The third-order valence-electron chi connectivity index (χ3n) is 5.15. The minimum Gasteiger partial charge on any atom is -0.496 e. The summed E-state index contributed by atoms with van der Waals surface area (Å²) < 4.78 is 11.4. The number of methoxy groups -OCH3 is 2. The summed E-state index contributed by atoms with van der Waals surface area (Å²) in [4.78, 5) is 2.63. The highest BCUT2D eigenvalue weighted by Crippen LogP contribution is 2.46. The second kappa shape index (κ2) is 10.3. The van der Waals surface area contributed by atoms with E-state index in [0.29, 0.717) is 12.0 Å². The molecule has 1 saturated heterocycles. The van der Waals surface area contributed by atoms with E-state index in [2.05, 4.69) is 22.3 Å². The number of rotatable bonds is 5. The fourth-order valence-corrected chi connectivity index (χ4v) is 4.12. The largest absolute Gasteiger partial charge is 0.496 e. The number of benzene rings is 1. The Morgan fingerprint density at radius 2 is 1.54 bits per heavy atom. The Morgan fingerprint density at radius 1 is 1.00 bits per heavy atom. The van der Waals surface area contributed by atoms with Crippen LogP contribution in [0.5, 0.6) is 11.5 Å². The topological polar surface area (TPSA) is 33.7 Å². The predicted octanol–water partition coefficient (Wildman–Crippen LogP) is 3.68. The van der Waals surface area contributed by atoms with Crippen LogP contribution in [0.1, 0.15) is 37.3 Å². The summed E-state index contributed by atoms with van der Waals surface area (Å²) in [5, 5.41) is 3.46. The van der Waals surface area contributed by atoms with E-state index in [1.54, 1.807) is 14.2 Å². The van der Waals surface area contributed by atoms with Gasteiger partial charge in [-0.05, 0) is 30.9 Å². The first-order valence-electron chi connectivity index (χ1n) is 8.51. The number of nitrogens with zero attached hydrogens (tertiary/aromatic N) is 1. The summed E-state index contributed by atoms with van der Waals surface area (Å²) in [6.45, 7) is 4.34. The van der Waals surface area contributed by atoms with Crippen LogP contribution in [0.4, 0.5) is 0 Å². The van der Waals surface area contributed by atoms with Gasteiger partial charge in [0.05, 0.1) is 19.8 Å². The Kier molecular flexibility index (Phi) is 9.21. The molecule has 0 unspecified atom stereocenters. The van der Waals surface area contributed by atoms with Gasteiger partial charge in [-0.2, -0.15) is 0 Å². The average Bonchev–Trinajstić information content (AvgIpc) is 3.10. The van der Waals surface area contributed by atoms with E-state index in [1.165, 1.54) is 31.2 Å². The van der Waals surface area contributed by atoms with Gasteiger partial charge in [-0.1, -0.05) is 18.9 Å². The van der Waals surface area contributed by atoms with E-state index in [-0.39, 0.29) is 24.8 Å². The Hall–Kier alpha value is -0.680. The molecule has 24 heavy (non-hydrogen) atoms. The molecule has 0 aromatic heterocycles. The lowest BCUT2D eigenvalue weighted by Gasteiger charge is -2.39. The summed E-state index contributed by atoms with van der Waals surface area (Å²) in [6, 6.07) is 6.57. The van der Waals surface area contributed by atoms with E-state index < -0.39 is 0 Å². The first-order chi connectivity index (χ1) is 10.8. The Morgan fingerprint density at radius 3 is 2.04 bits per heavy atom. The fourth-order valence-electron chi connectivity index (χ4n) is 4.12. The molecule has 6 heteroatoms. The molecule has 0 radical (unpaired) electrons. The zero-order valence-corrected chi connectivity index (χ0v) is 16.3. The summed E-state index contributed by atoms with van der Waals surface area (Å²) in [7, 11) is 3.53. The van der Waals surface area contributed by atoms with Gasteiger partial charge in [-0.25, -0.2) is 0 Å². The molecule has 1 atom stereocenters. The lowest BCUT2D eigenvalue weighted by atomic mass is 9.88. The highest BCUT2D eigenvalue weighted by molar-refractivity contribution is 5.85. The molecule has 1 aromatic rings. The monoisotopic (exact) mass is 376 g/mol. The molecule has 1 saturated carbocycles. The summed E-state index contributed by atoms with van der Waals surface area (Å²) in [5.41, 5.74) is 1.25. The van der Waals surface area contributed by atoms with Crippen molar-refractivity contribution >= 4 is 24.8 Å². The molecule has 1 N–H and O–H groups in total. The third-order valence-corrected chi connectivity index (χ3v) is 5.15. The van der Waals surface area contributed by atoms with Crippen LogP contribution in [0.3, 0.4) is 0 Å². The van der Waals surface area contributed by atoms with Crippen molar-refractivity contribution in [3.05, 3.63) is 23.8 Å². The Labute approximate surface area is 158 Å². The zero-order valence-electron chi connectivity index (χ0n) is 14.6. The molecule has 2 aliphatic rings. The van der Waals surface area contributed by atoms with Gasteiger partial charge in [0, 0.05) is 32.2 Å². The van der Waals surface area contributed by atoms with Gasteiger partial charge in [0.2, 0.25) is 0 Å². The minimum absolute atomic E-state index is 0. The maximum Gasteiger partial charge on any atom is 0.127 e. The molecular weight excluding hydrogens is 347 g/mol. The molecule has 4 nitrogen and oxygen atoms in total. The molecule has 1 aromatic carbocycles. The van der Waals surface area contributed by atoms with Crippen LogP contribution in [0.15, 0.2) is 18.2 Å². The minimum atomic E-state index is 0. The summed E-state index contributed by atoms with van der Waals surface area (Å²) in [6.07, 6.45) is 5.33. The van der Waals surface area contributed by atoms with Gasteiger partial charge in [-0.3, -0.25) is 4.90 Å². The highest BCUT2D eigenvalue weighted by atomic mass is 35.5. The zero-order chi connectivity index (χ0) is 15.4. The lowest BCUT2D eigenvalue weighted by molar-refractivity contribution is 0.120. The van der Waals surface area contributed by atoms with Crippen LogP contribution in [0, 0.1) is 5.92 Å². The summed E-state index contributed by atoms with van der Waals surface area (Å²) >= 11 is 0. The fraction of sp³-hybridized carbons (Fsp3) is 0.667. The van der Waals surface area contributed by atoms with Gasteiger partial charge in [-0.15, -0.1) is 24.8 Å². The SMILES string of the molecule is COc1cccc(OC)c1[C@H](C1CCCC1)N1CCNCC1.Cl.Cl. The van der Waals surface area contributed by atoms with Crippen molar-refractivity contribution in [2.75, 3.05) is 40.4 Å². The molecule has 1 aliphatic carbocycles. The number of halogens is 2. The van der Waals surface area contributed by atoms with Gasteiger partial charge in [0.25, 0.3) is 0 Å². The van der Waals surface area contributed by atoms with Crippen molar-refractivity contribution in [3.63, 3.8) is 0 Å². The third kappa shape index (κ3) is 4.48. The average molecular weight is 377 g/mol. The van der Waals surface area contributed by atoms with E-state index in [1.807, 2.05) is 6.07 Å². The molecule has 0 bridgehead atoms. The van der Waals surface area contributed by atoms with Crippen LogP contribution < -0.4 is 14.8 Å². The highest BCUT2D eigenvalue weighted by Gasteiger charge is 2.35. The smallest absolute Gasteiger partial charge is 0.127 e. The molecule has 1 aliphatic heterocycles. The van der Waals surface area contributed by atoms with Gasteiger partial charge >= 0.3 is 0 Å². The van der Waals surface area contributed by atoms with Crippen molar-refractivity contribution in [2.24, 2.45) is 5.92 Å². The maximum atomic E-state index is 5.70. The number of hydrogen-bond acceptors (Lipinski definition) is 4. The Bertz CT molecular complexity index is 468. The van der Waals surface area contributed by atoms with E-state index in [0.717, 1.165) is 37.7 Å². The van der Waals surface area contributed by atoms with Gasteiger partial charge in [0.15, 0.2) is 0 Å². The number of hydrogen-bond donors (Lipinski definition) is 1. The Balaban J connectivity index is 0.00000144. The van der Waals surface area contributed by atoms with Gasteiger partial charge in [0.1, 0.15) is 11.5 Å². The van der Waals surface area contributed by atoms with Crippen molar-refractivity contribution in [1.29, 1.82) is 0 Å². The number of nitrogens with one attached hydrogen (secondary N) is 1. The first-order valence-corrected chi connectivity index (χ1v) is 8.51. The van der Waals surface area contributed by atoms with Crippen LogP contribution in [0.25, 0.3) is 0 Å². The van der Waals surface area contributed by atoms with Crippen LogP contribution in [0.2, 0.25) is 0 Å². The van der Waals surface area contributed by atoms with Crippen molar-refractivity contribution in [2.45, 2.75) is 31.7 Å². The lowest BCUT2D eigenvalue weighted by Crippen LogP contribution is -2.46. The van der Waals surface area contributed by atoms with Crippen molar-refractivity contribution in [1.82, 2.24) is 10.2 Å². The van der Waals surface area contributed by atoms with E-state index >= 15 is 0 Å². The molecular formula is C18H30Cl2N2O2.